The van der Waals surface area contributed by atoms with Crippen LogP contribution < -0.4 is 0 Å². The summed E-state index contributed by atoms with van der Waals surface area (Å²) in [5.74, 6) is 0. The first-order valence-electron chi connectivity index (χ1n) is 7.30. The summed E-state index contributed by atoms with van der Waals surface area (Å²) >= 11 is 4.31. The highest BCUT2D eigenvalue weighted by Gasteiger charge is 2.32. The van der Waals surface area contributed by atoms with Gasteiger partial charge in [-0.05, 0) is 51.5 Å². The fraction of sp³-hybridized carbons (Fsp3) is 0.467. The maximum atomic E-state index is 6.21. The van der Waals surface area contributed by atoms with E-state index >= 15 is 0 Å². The van der Waals surface area contributed by atoms with E-state index in [1.165, 1.54) is 23.9 Å². The van der Waals surface area contributed by atoms with Crippen molar-refractivity contribution >= 4 is 49.8 Å². The minimum atomic E-state index is -0.633. The molecule has 0 aromatic carbocycles. The van der Waals surface area contributed by atoms with Gasteiger partial charge in [0.1, 0.15) is 0 Å². The maximum Gasteiger partial charge on any atom is 0.210 e. The molecule has 0 saturated carbocycles. The first-order chi connectivity index (χ1) is 10.6. The highest BCUT2D eigenvalue weighted by Crippen LogP contribution is 2.41. The smallest absolute Gasteiger partial charge is 0.210 e. The lowest BCUT2D eigenvalue weighted by atomic mass is 10.2. The largest absolute Gasteiger partial charge is 0.300 e. The summed E-state index contributed by atoms with van der Waals surface area (Å²) in [5.41, 5.74) is 0. The molecule has 0 spiro atoms. The average molecular weight is 356 g/mol. The molecule has 1 unspecified atom stereocenters. The Morgan fingerprint density at radius 2 is 1.41 bits per heavy atom. The lowest BCUT2D eigenvalue weighted by molar-refractivity contribution is 0.264. The van der Waals surface area contributed by atoms with E-state index in [0.29, 0.717) is 0 Å². The van der Waals surface area contributed by atoms with Gasteiger partial charge in [-0.15, -0.1) is 0 Å². The van der Waals surface area contributed by atoms with Gasteiger partial charge in [-0.2, -0.15) is 11.6 Å². The van der Waals surface area contributed by atoms with Crippen LogP contribution in [0, 0.1) is 0 Å². The molecule has 0 saturated heterocycles. The van der Waals surface area contributed by atoms with Crippen LogP contribution in [0.15, 0.2) is 48.6 Å². The number of hydrogen-bond donors (Lipinski definition) is 0. The molecule has 0 amide bonds. The molecule has 7 heteroatoms. The predicted octanol–water partition coefficient (Wildman–Crippen LogP) is 4.23. The molecular weight excluding hydrogens is 330 g/mol. The summed E-state index contributed by atoms with van der Waals surface area (Å²) in [5, 5.41) is 0. The quantitative estimate of drug-likeness (QED) is 0.238. The molecule has 22 heavy (non-hydrogen) atoms. The molecule has 0 radical (unpaired) electrons. The molecule has 0 aromatic rings. The molecule has 0 aromatic heterocycles. The van der Waals surface area contributed by atoms with E-state index in [4.69, 9.17) is 8.37 Å². The van der Waals surface area contributed by atoms with E-state index in [1.54, 1.807) is 11.6 Å². The van der Waals surface area contributed by atoms with Crippen molar-refractivity contribution in [3.8, 4) is 0 Å². The van der Waals surface area contributed by atoms with Gasteiger partial charge < -0.3 is 0 Å². The molecule has 0 N–H and O–H groups in total. The van der Waals surface area contributed by atoms with Crippen LogP contribution in [0.2, 0.25) is 0 Å². The monoisotopic (exact) mass is 356 g/mol. The molecule has 0 aliphatic carbocycles. The van der Waals surface area contributed by atoms with Crippen LogP contribution in [-0.4, -0.2) is 24.1 Å². The van der Waals surface area contributed by atoms with Gasteiger partial charge in [0.15, 0.2) is 17.0 Å². The highest BCUT2D eigenvalue weighted by molar-refractivity contribution is 8.21. The van der Waals surface area contributed by atoms with Crippen LogP contribution in [0.4, 0.5) is 0 Å². The molecule has 0 aliphatic rings. The fourth-order valence-corrected chi connectivity index (χ4v) is 4.02. The van der Waals surface area contributed by atoms with Gasteiger partial charge in [-0.3, -0.25) is 8.37 Å². The molecule has 0 bridgehead atoms. The van der Waals surface area contributed by atoms with Crippen molar-refractivity contribution in [1.29, 1.82) is 0 Å². The van der Waals surface area contributed by atoms with Crippen LogP contribution in [0.3, 0.4) is 0 Å². The molecular formula is C15H26B2O2S3. The Hall–Kier alpha value is 0.0599. The predicted molar refractivity (Wildman–Crippen MR) is 111 cm³/mol. The number of allylic oxidation sites excluding steroid dienone is 4. The fourth-order valence-electron chi connectivity index (χ4n) is 1.70. The van der Waals surface area contributed by atoms with Gasteiger partial charge in [-0.25, -0.2) is 0 Å². The zero-order chi connectivity index (χ0) is 16.9. The maximum absolute atomic E-state index is 6.21. The van der Waals surface area contributed by atoms with E-state index in [9.17, 15) is 0 Å². The van der Waals surface area contributed by atoms with E-state index in [0.717, 1.165) is 6.42 Å². The first kappa shape index (κ1) is 22.1. The van der Waals surface area contributed by atoms with E-state index < -0.39 is 9.87 Å². The van der Waals surface area contributed by atoms with Gasteiger partial charge in [0.2, 0.25) is 7.12 Å². The number of hydrogen-bond acceptors (Lipinski definition) is 5. The normalized spacial score (nSPS) is 18.5. The minimum Gasteiger partial charge on any atom is -0.300 e. The Balaban J connectivity index is 5.37. The lowest BCUT2D eigenvalue weighted by Crippen LogP contribution is -2.27. The topological polar surface area (TPSA) is 18.5 Å². The van der Waals surface area contributed by atoms with Crippen molar-refractivity contribution in [2.75, 3.05) is 0 Å². The van der Waals surface area contributed by atoms with E-state index in [-0.39, 0.29) is 0 Å². The molecule has 2 nitrogen and oxygen atoms in total. The summed E-state index contributed by atoms with van der Waals surface area (Å²) in [6.07, 6.45) is 17.2. The third kappa shape index (κ3) is 7.55. The Morgan fingerprint density at radius 3 is 1.82 bits per heavy atom. The van der Waals surface area contributed by atoms with Crippen molar-refractivity contribution < 1.29 is 8.37 Å². The highest BCUT2D eigenvalue weighted by atomic mass is 32.2. The zero-order valence-electron chi connectivity index (χ0n) is 14.4. The Labute approximate surface area is 150 Å². The molecule has 0 rings (SSSR count). The summed E-state index contributed by atoms with van der Waals surface area (Å²) in [7, 11) is 3.95. The first-order valence-corrected chi connectivity index (χ1v) is 10.4. The van der Waals surface area contributed by atoms with Crippen LogP contribution >= 0.6 is 35.5 Å². The zero-order valence-corrected chi connectivity index (χ0v) is 16.8. The number of rotatable bonds is 11. The molecule has 0 fully saturated rings. The third-order valence-corrected chi connectivity index (χ3v) is 5.24. The Bertz CT molecular complexity index is 400. The Morgan fingerprint density at radius 1 is 0.864 bits per heavy atom. The standard InChI is InChI=1S/C15H26B2O2S3/c1-5-9-13-14(20-16,10-6-2)18-21-15(11-7-3,12-8-4)19-22-17/h6-13H,5,16-17H2,1-4H3. The van der Waals surface area contributed by atoms with Gasteiger partial charge in [-0.1, -0.05) is 43.1 Å². The second-order valence-electron chi connectivity index (χ2n) is 4.37. The molecule has 0 aliphatic heterocycles. The van der Waals surface area contributed by atoms with Gasteiger partial charge >= 0.3 is 0 Å². The second kappa shape index (κ2) is 12.5. The van der Waals surface area contributed by atoms with Crippen molar-refractivity contribution in [3.05, 3.63) is 48.6 Å². The summed E-state index contributed by atoms with van der Waals surface area (Å²) < 4.78 is 12.1. The van der Waals surface area contributed by atoms with Gasteiger partial charge in [0.25, 0.3) is 0 Å². The third-order valence-electron chi connectivity index (χ3n) is 2.62. The van der Waals surface area contributed by atoms with Crippen molar-refractivity contribution in [3.63, 3.8) is 0 Å². The van der Waals surface area contributed by atoms with Crippen molar-refractivity contribution in [2.45, 2.75) is 44.0 Å². The van der Waals surface area contributed by atoms with Gasteiger partial charge in [0, 0.05) is 12.0 Å². The van der Waals surface area contributed by atoms with Gasteiger partial charge in [0.05, 0.1) is 0 Å². The molecule has 1 atom stereocenters. The van der Waals surface area contributed by atoms with Crippen LogP contribution in [0.5, 0.6) is 0 Å². The average Bonchev–Trinajstić information content (AvgIpc) is 2.51. The van der Waals surface area contributed by atoms with E-state index in [2.05, 4.69) is 25.2 Å². The lowest BCUT2D eigenvalue weighted by Gasteiger charge is -2.31. The van der Waals surface area contributed by atoms with Crippen molar-refractivity contribution in [2.24, 2.45) is 0 Å². The van der Waals surface area contributed by atoms with Crippen LogP contribution in [0.25, 0.3) is 0 Å². The van der Waals surface area contributed by atoms with Crippen LogP contribution in [-0.2, 0) is 8.37 Å². The SMILES string of the molecule is BSOC(C=CC)(C=CC)SOC(C=CC)(C=CCC)SB. The van der Waals surface area contributed by atoms with E-state index in [1.807, 2.05) is 65.4 Å². The summed E-state index contributed by atoms with van der Waals surface area (Å²) in [6.45, 7) is 8.08. The summed E-state index contributed by atoms with van der Waals surface area (Å²) in [6, 6.07) is 0. The minimum absolute atomic E-state index is 0.494. The molecule has 122 valence electrons. The summed E-state index contributed by atoms with van der Waals surface area (Å²) in [4.78, 5) is -1.13. The van der Waals surface area contributed by atoms with Crippen molar-refractivity contribution in [1.82, 2.24) is 0 Å². The molecule has 0 heterocycles. The van der Waals surface area contributed by atoms with Crippen LogP contribution in [0.1, 0.15) is 34.1 Å². The second-order valence-corrected chi connectivity index (χ2v) is 6.89. The Kier molecular flexibility index (Phi) is 12.5.